The van der Waals surface area contributed by atoms with Crippen LogP contribution < -0.4 is 10.1 Å². The maximum atomic E-state index is 11.9. The molecule has 1 rings (SSSR count). The number of carbonyl (C=O) groups is 1. The Bertz CT molecular complexity index is 423. The maximum Gasteiger partial charge on any atom is 0.273 e. The molecule has 1 unspecified atom stereocenters. The van der Waals surface area contributed by atoms with Crippen LogP contribution in [0.25, 0.3) is 0 Å². The number of ether oxygens (including phenoxy) is 1. The number of hydrogen-bond acceptors (Lipinski definition) is 6. The number of aromatic nitrogens is 1. The molecule has 7 heteroatoms. The van der Waals surface area contributed by atoms with Gasteiger partial charge in [0.05, 0.1) is 12.8 Å². The van der Waals surface area contributed by atoms with Crippen LogP contribution in [0.3, 0.4) is 0 Å². The lowest BCUT2D eigenvalue weighted by molar-refractivity contribution is -0.0519. The second-order valence-corrected chi connectivity index (χ2v) is 6.01. The van der Waals surface area contributed by atoms with Crippen molar-refractivity contribution in [1.29, 1.82) is 0 Å². The number of hydrogen-bond donors (Lipinski definition) is 3. The zero-order valence-corrected chi connectivity index (χ0v) is 13.4. The van der Waals surface area contributed by atoms with Crippen LogP contribution in [-0.2, 0) is 0 Å². The van der Waals surface area contributed by atoms with Gasteiger partial charge < -0.3 is 20.3 Å². The van der Waals surface area contributed by atoms with Crippen LogP contribution in [-0.4, -0.2) is 40.5 Å². The van der Waals surface area contributed by atoms with E-state index in [9.17, 15) is 4.79 Å². The van der Waals surface area contributed by atoms with Gasteiger partial charge in [-0.05, 0) is 18.8 Å². The van der Waals surface area contributed by atoms with E-state index < -0.39 is 6.29 Å². The van der Waals surface area contributed by atoms with Gasteiger partial charge in [0.2, 0.25) is 0 Å². The molecule has 0 saturated heterocycles. The number of aliphatic hydroxyl groups excluding tert-OH is 1. The van der Waals surface area contributed by atoms with Crippen molar-refractivity contribution < 1.29 is 19.7 Å². The first kappa shape index (κ1) is 17.9. The minimum Gasteiger partial charge on any atom is -0.470 e. The lowest BCUT2D eigenvalue weighted by atomic mass is 10.0. The summed E-state index contributed by atoms with van der Waals surface area (Å²) >= 11 is 1.15. The summed E-state index contributed by atoms with van der Waals surface area (Å²) in [6.07, 6.45) is 3.43. The van der Waals surface area contributed by atoms with Gasteiger partial charge in [-0.15, -0.1) is 0 Å². The third kappa shape index (κ3) is 7.40. The lowest BCUT2D eigenvalue weighted by Gasteiger charge is -2.08. The molecule has 1 atom stereocenters. The Balaban J connectivity index is 2.26. The number of nitrogens with one attached hydrogen (secondary N) is 1. The first-order chi connectivity index (χ1) is 10.0. The monoisotopic (exact) mass is 316 g/mol. The van der Waals surface area contributed by atoms with Gasteiger partial charge in [-0.3, -0.25) is 4.79 Å². The van der Waals surface area contributed by atoms with E-state index in [1.807, 2.05) is 0 Å². The molecule has 0 spiro atoms. The van der Waals surface area contributed by atoms with Crippen LogP contribution in [0, 0.1) is 5.92 Å². The first-order valence-electron chi connectivity index (χ1n) is 7.25. The molecule has 0 aromatic carbocycles. The quantitative estimate of drug-likeness (QED) is 0.452. The van der Waals surface area contributed by atoms with E-state index >= 15 is 0 Å². The molecule has 6 nitrogen and oxygen atoms in total. The van der Waals surface area contributed by atoms with Gasteiger partial charge in [0.1, 0.15) is 4.88 Å². The molecular formula is C14H24N2O4S. The van der Waals surface area contributed by atoms with Gasteiger partial charge in [-0.25, -0.2) is 4.98 Å². The molecule has 0 aliphatic carbocycles. The summed E-state index contributed by atoms with van der Waals surface area (Å²) in [4.78, 5) is 16.4. The van der Waals surface area contributed by atoms with E-state index in [0.717, 1.165) is 30.6 Å². The van der Waals surface area contributed by atoms with Crippen molar-refractivity contribution in [1.82, 2.24) is 10.3 Å². The van der Waals surface area contributed by atoms with Crippen molar-refractivity contribution in [3.63, 3.8) is 0 Å². The standard InChI is InChI=1S/C14H24N2O4S/c1-3-10(2)5-4-7-15-13(19)11-9-16-14(21-11)20-8-6-12(17)18/h9-10,12,17-18H,3-8H2,1-2H3,(H,15,19). The van der Waals surface area contributed by atoms with Crippen LogP contribution >= 0.6 is 11.3 Å². The summed E-state index contributed by atoms with van der Waals surface area (Å²) in [5.41, 5.74) is 0. The molecule has 1 heterocycles. The van der Waals surface area contributed by atoms with Crippen molar-refractivity contribution in [2.45, 2.75) is 45.8 Å². The maximum absolute atomic E-state index is 11.9. The number of carbonyl (C=O) groups excluding carboxylic acids is 1. The van der Waals surface area contributed by atoms with Gasteiger partial charge in [0.15, 0.2) is 6.29 Å². The molecule has 0 aliphatic heterocycles. The molecule has 1 amide bonds. The molecule has 3 N–H and O–H groups in total. The average molecular weight is 316 g/mol. The van der Waals surface area contributed by atoms with Crippen molar-refractivity contribution in [3.8, 4) is 5.19 Å². The molecule has 0 radical (unpaired) electrons. The number of amides is 1. The predicted octanol–water partition coefficient (Wildman–Crippen LogP) is 1.78. The highest BCUT2D eigenvalue weighted by molar-refractivity contribution is 7.15. The minimum absolute atomic E-state index is 0.108. The molecule has 120 valence electrons. The fourth-order valence-corrected chi connectivity index (χ4v) is 2.33. The van der Waals surface area contributed by atoms with Crippen molar-refractivity contribution >= 4 is 17.2 Å². The molecule has 0 saturated carbocycles. The van der Waals surface area contributed by atoms with E-state index in [2.05, 4.69) is 24.1 Å². The highest BCUT2D eigenvalue weighted by Gasteiger charge is 2.11. The van der Waals surface area contributed by atoms with Crippen LogP contribution in [0.5, 0.6) is 5.19 Å². The molecule has 1 aromatic heterocycles. The zero-order valence-electron chi connectivity index (χ0n) is 12.5. The Morgan fingerprint density at radius 2 is 2.24 bits per heavy atom. The Hall–Kier alpha value is -1.18. The molecular weight excluding hydrogens is 292 g/mol. The van der Waals surface area contributed by atoms with E-state index in [1.165, 1.54) is 6.20 Å². The van der Waals surface area contributed by atoms with E-state index in [-0.39, 0.29) is 18.9 Å². The van der Waals surface area contributed by atoms with Gasteiger partial charge >= 0.3 is 0 Å². The molecule has 21 heavy (non-hydrogen) atoms. The number of aliphatic hydroxyl groups is 2. The fraction of sp³-hybridized carbons (Fsp3) is 0.714. The molecule has 0 fully saturated rings. The van der Waals surface area contributed by atoms with Gasteiger partial charge in [-0.2, -0.15) is 0 Å². The largest absolute Gasteiger partial charge is 0.470 e. The fourth-order valence-electron chi connectivity index (χ4n) is 1.63. The minimum atomic E-state index is -1.39. The van der Waals surface area contributed by atoms with Gasteiger partial charge in [0, 0.05) is 13.0 Å². The predicted molar refractivity (Wildman–Crippen MR) is 81.5 cm³/mol. The Kier molecular flexibility index (Phi) is 8.26. The van der Waals surface area contributed by atoms with Crippen molar-refractivity contribution in [3.05, 3.63) is 11.1 Å². The molecule has 0 aliphatic rings. The Morgan fingerprint density at radius 1 is 1.48 bits per heavy atom. The zero-order chi connectivity index (χ0) is 15.7. The summed E-state index contributed by atoms with van der Waals surface area (Å²) in [7, 11) is 0. The normalized spacial score (nSPS) is 12.4. The smallest absolute Gasteiger partial charge is 0.273 e. The van der Waals surface area contributed by atoms with E-state index in [1.54, 1.807) is 0 Å². The van der Waals surface area contributed by atoms with E-state index in [4.69, 9.17) is 14.9 Å². The highest BCUT2D eigenvalue weighted by atomic mass is 32.1. The third-order valence-corrected chi connectivity index (χ3v) is 4.07. The SMILES string of the molecule is CCC(C)CCCNC(=O)c1cnc(OCCC(O)O)s1. The molecule has 0 bridgehead atoms. The van der Waals surface area contributed by atoms with Crippen LogP contribution in [0.15, 0.2) is 6.20 Å². The summed E-state index contributed by atoms with van der Waals surface area (Å²) in [5, 5.41) is 20.6. The Labute approximate surface area is 129 Å². The summed E-state index contributed by atoms with van der Waals surface area (Å²) in [6, 6.07) is 0. The first-order valence-corrected chi connectivity index (χ1v) is 8.07. The van der Waals surface area contributed by atoms with Crippen molar-refractivity contribution in [2.24, 2.45) is 5.92 Å². The number of rotatable bonds is 10. The van der Waals surface area contributed by atoms with Crippen LogP contribution in [0.2, 0.25) is 0 Å². The average Bonchev–Trinajstić information content (AvgIpc) is 2.91. The topological polar surface area (TPSA) is 91.7 Å². The second-order valence-electron chi connectivity index (χ2n) is 5.02. The molecule has 1 aromatic rings. The van der Waals surface area contributed by atoms with Crippen LogP contribution in [0.1, 0.15) is 49.2 Å². The number of thiazole rings is 1. The van der Waals surface area contributed by atoms with Crippen LogP contribution in [0.4, 0.5) is 0 Å². The Morgan fingerprint density at radius 3 is 2.90 bits per heavy atom. The summed E-state index contributed by atoms with van der Waals surface area (Å²) < 4.78 is 5.23. The summed E-state index contributed by atoms with van der Waals surface area (Å²) in [6.45, 7) is 5.19. The highest BCUT2D eigenvalue weighted by Crippen LogP contribution is 2.20. The van der Waals surface area contributed by atoms with E-state index in [0.29, 0.717) is 22.5 Å². The second kappa shape index (κ2) is 9.70. The van der Waals surface area contributed by atoms with Gasteiger partial charge in [-0.1, -0.05) is 31.6 Å². The summed E-state index contributed by atoms with van der Waals surface area (Å²) in [5.74, 6) is 0.542. The number of nitrogens with zero attached hydrogens (tertiary/aromatic N) is 1. The lowest BCUT2D eigenvalue weighted by Crippen LogP contribution is -2.23. The van der Waals surface area contributed by atoms with Gasteiger partial charge in [0.25, 0.3) is 11.1 Å². The third-order valence-electron chi connectivity index (χ3n) is 3.17. The van der Waals surface area contributed by atoms with Crippen molar-refractivity contribution in [2.75, 3.05) is 13.2 Å².